The van der Waals surface area contributed by atoms with Gasteiger partial charge in [0.15, 0.2) is 17.5 Å². The summed E-state index contributed by atoms with van der Waals surface area (Å²) in [5.41, 5.74) is 2.86. The Morgan fingerprint density at radius 2 is 1.80 bits per heavy atom. The smallest absolute Gasteiger partial charge is 0.330 e. The third-order valence-electron chi connectivity index (χ3n) is 3.78. The van der Waals surface area contributed by atoms with Crippen molar-refractivity contribution in [3.8, 4) is 11.5 Å². The molecule has 1 unspecified atom stereocenters. The topological polar surface area (TPSA) is 106 Å². The summed E-state index contributed by atoms with van der Waals surface area (Å²) in [6, 6.07) is 9.61. The molecule has 0 aliphatic carbocycles. The average molecular weight is 343 g/mol. The lowest BCUT2D eigenvalue weighted by molar-refractivity contribution is -0.138. The highest BCUT2D eigenvalue weighted by molar-refractivity contribution is 5.82. The van der Waals surface area contributed by atoms with Crippen LogP contribution < -0.4 is 20.6 Å². The fourth-order valence-electron chi connectivity index (χ4n) is 2.50. The first-order valence-corrected chi connectivity index (χ1v) is 7.55. The number of methoxy groups -OCH3 is 2. The monoisotopic (exact) mass is 343 g/mol. The molecule has 0 fully saturated rings. The molecule has 0 heterocycles. The van der Waals surface area contributed by atoms with Crippen LogP contribution in [0.1, 0.15) is 22.7 Å². The third kappa shape index (κ3) is 4.20. The largest absolute Gasteiger partial charge is 0.493 e. The molecule has 2 aromatic carbocycles. The number of anilines is 1. The number of benzene rings is 2. The number of nitrogens with zero attached hydrogens (tertiary/aromatic N) is 1. The van der Waals surface area contributed by atoms with Gasteiger partial charge < -0.3 is 25.7 Å². The summed E-state index contributed by atoms with van der Waals surface area (Å²) < 4.78 is 10.5. The minimum absolute atomic E-state index is 0.477. The van der Waals surface area contributed by atoms with Gasteiger partial charge in [0.25, 0.3) is 0 Å². The highest BCUT2D eigenvalue weighted by Gasteiger charge is 2.23. The first-order chi connectivity index (χ1) is 12.0. The van der Waals surface area contributed by atoms with E-state index in [0.29, 0.717) is 22.7 Å². The summed E-state index contributed by atoms with van der Waals surface area (Å²) in [6.07, 6.45) is 1.51. The Labute approximate surface area is 146 Å². The van der Waals surface area contributed by atoms with Crippen molar-refractivity contribution in [1.82, 2.24) is 0 Å². The lowest BCUT2D eigenvalue weighted by Crippen LogP contribution is -2.21. The third-order valence-corrected chi connectivity index (χ3v) is 3.78. The number of hydrogen-bond acceptors (Lipinski definition) is 6. The molecule has 0 saturated carbocycles. The summed E-state index contributed by atoms with van der Waals surface area (Å²) in [5, 5.41) is 16.1. The van der Waals surface area contributed by atoms with Crippen LogP contribution in [-0.2, 0) is 4.79 Å². The number of rotatable bonds is 7. The van der Waals surface area contributed by atoms with Gasteiger partial charge in [-0.2, -0.15) is 5.10 Å². The van der Waals surface area contributed by atoms with E-state index in [4.69, 9.17) is 15.3 Å². The minimum atomic E-state index is -0.997. The number of hydrazone groups is 1. The summed E-state index contributed by atoms with van der Waals surface area (Å²) in [4.78, 5) is 11.8. The van der Waals surface area contributed by atoms with E-state index < -0.39 is 12.0 Å². The lowest BCUT2D eigenvalue weighted by atomic mass is 9.99. The zero-order chi connectivity index (χ0) is 18.4. The van der Waals surface area contributed by atoms with Crippen LogP contribution in [-0.4, -0.2) is 31.5 Å². The molecule has 7 nitrogen and oxygen atoms in total. The number of aliphatic carboxylic acids is 1. The molecule has 0 aliphatic rings. The van der Waals surface area contributed by atoms with Crippen LogP contribution in [0.2, 0.25) is 0 Å². The molecule has 0 aliphatic heterocycles. The van der Waals surface area contributed by atoms with E-state index in [0.717, 1.165) is 11.1 Å². The fraction of sp³-hybridized carbons (Fsp3) is 0.222. The molecule has 25 heavy (non-hydrogen) atoms. The van der Waals surface area contributed by atoms with E-state index in [-0.39, 0.29) is 0 Å². The van der Waals surface area contributed by atoms with Gasteiger partial charge in [0, 0.05) is 5.69 Å². The number of carbonyl (C=O) groups is 1. The number of hydrogen-bond donors (Lipinski definition) is 3. The average Bonchev–Trinajstić information content (AvgIpc) is 2.61. The van der Waals surface area contributed by atoms with E-state index in [1.165, 1.54) is 20.4 Å². The number of nitrogens with one attached hydrogen (secondary N) is 1. The summed E-state index contributed by atoms with van der Waals surface area (Å²) >= 11 is 0. The highest BCUT2D eigenvalue weighted by atomic mass is 16.5. The second kappa shape index (κ2) is 8.05. The number of carboxylic acid groups (broad SMARTS) is 1. The van der Waals surface area contributed by atoms with Crippen molar-refractivity contribution in [3.63, 3.8) is 0 Å². The number of ether oxygens (including phenoxy) is 2. The molecule has 7 heteroatoms. The Morgan fingerprint density at radius 1 is 1.20 bits per heavy atom. The van der Waals surface area contributed by atoms with Crippen molar-refractivity contribution in [2.45, 2.75) is 13.0 Å². The van der Waals surface area contributed by atoms with Crippen LogP contribution in [0.3, 0.4) is 0 Å². The molecule has 4 N–H and O–H groups in total. The second-order valence-electron chi connectivity index (χ2n) is 5.38. The van der Waals surface area contributed by atoms with Crippen LogP contribution in [0, 0.1) is 6.92 Å². The fourth-order valence-corrected chi connectivity index (χ4v) is 2.50. The lowest BCUT2D eigenvalue weighted by Gasteiger charge is -2.20. The van der Waals surface area contributed by atoms with Crippen LogP contribution in [0.15, 0.2) is 41.5 Å². The number of carboxylic acids is 1. The van der Waals surface area contributed by atoms with Crippen molar-refractivity contribution in [2.75, 3.05) is 19.5 Å². The number of nitrogens with two attached hydrogens (primary N) is 1. The van der Waals surface area contributed by atoms with Crippen LogP contribution in [0.25, 0.3) is 0 Å². The van der Waals surface area contributed by atoms with Crippen molar-refractivity contribution in [3.05, 3.63) is 53.1 Å². The van der Waals surface area contributed by atoms with Crippen molar-refractivity contribution >= 4 is 17.9 Å². The second-order valence-corrected chi connectivity index (χ2v) is 5.38. The van der Waals surface area contributed by atoms with E-state index >= 15 is 0 Å². The molecule has 0 saturated heterocycles. The Kier molecular flexibility index (Phi) is 5.84. The van der Waals surface area contributed by atoms with Gasteiger partial charge in [0.1, 0.15) is 0 Å². The summed E-state index contributed by atoms with van der Waals surface area (Å²) in [5.74, 6) is 5.15. The van der Waals surface area contributed by atoms with Crippen molar-refractivity contribution in [1.29, 1.82) is 0 Å². The first kappa shape index (κ1) is 18.1. The summed E-state index contributed by atoms with van der Waals surface area (Å²) in [7, 11) is 3.05. The first-order valence-electron chi connectivity index (χ1n) is 7.55. The standard InChI is InChI=1S/C18H21N3O4/c1-11-8-15(24-2)16(25-3)9-14(11)17(18(22)23)21-13-6-4-12(5-7-13)10-20-19/h4-10,17,21H,19H2,1-3H3,(H,22,23). The van der Waals surface area contributed by atoms with Crippen LogP contribution >= 0.6 is 0 Å². The summed E-state index contributed by atoms with van der Waals surface area (Å²) in [6.45, 7) is 1.83. The molecule has 2 aromatic rings. The number of aryl methyl sites for hydroxylation is 1. The van der Waals surface area contributed by atoms with E-state index in [9.17, 15) is 9.90 Å². The molecule has 132 valence electrons. The predicted molar refractivity (Wildman–Crippen MR) is 96.5 cm³/mol. The van der Waals surface area contributed by atoms with Gasteiger partial charge in [-0.25, -0.2) is 4.79 Å². The van der Waals surface area contributed by atoms with Crippen LogP contribution in [0.5, 0.6) is 11.5 Å². The van der Waals surface area contributed by atoms with E-state index in [2.05, 4.69) is 10.4 Å². The quantitative estimate of drug-likeness (QED) is 0.405. The molecule has 0 spiro atoms. The van der Waals surface area contributed by atoms with Gasteiger partial charge in [-0.3, -0.25) is 0 Å². The highest BCUT2D eigenvalue weighted by Crippen LogP contribution is 2.34. The molecule has 2 rings (SSSR count). The Hall–Kier alpha value is -3.22. The molecule has 0 bridgehead atoms. The molecular weight excluding hydrogens is 322 g/mol. The van der Waals surface area contributed by atoms with E-state index in [1.54, 1.807) is 36.4 Å². The van der Waals surface area contributed by atoms with Crippen molar-refractivity contribution < 1.29 is 19.4 Å². The molecule has 0 radical (unpaired) electrons. The molecular formula is C18H21N3O4. The predicted octanol–water partition coefficient (Wildman–Crippen LogP) is 2.54. The maximum Gasteiger partial charge on any atom is 0.330 e. The SMILES string of the molecule is COc1cc(C)c(C(Nc2ccc(C=NN)cc2)C(=O)O)cc1OC. The normalized spacial score (nSPS) is 12.0. The zero-order valence-electron chi connectivity index (χ0n) is 14.3. The Morgan fingerprint density at radius 3 is 2.32 bits per heavy atom. The minimum Gasteiger partial charge on any atom is -0.493 e. The maximum absolute atomic E-state index is 11.8. The maximum atomic E-state index is 11.8. The molecule has 0 amide bonds. The molecule has 1 atom stereocenters. The molecule has 0 aromatic heterocycles. The van der Waals surface area contributed by atoms with Gasteiger partial charge in [0.05, 0.1) is 20.4 Å². The van der Waals surface area contributed by atoms with Gasteiger partial charge in [-0.1, -0.05) is 12.1 Å². The van der Waals surface area contributed by atoms with Gasteiger partial charge >= 0.3 is 5.97 Å². The van der Waals surface area contributed by atoms with Crippen LogP contribution in [0.4, 0.5) is 5.69 Å². The van der Waals surface area contributed by atoms with Gasteiger partial charge in [0.2, 0.25) is 0 Å². The van der Waals surface area contributed by atoms with Crippen molar-refractivity contribution in [2.24, 2.45) is 10.9 Å². The van der Waals surface area contributed by atoms with E-state index in [1.807, 2.05) is 6.92 Å². The Balaban J connectivity index is 2.36. The zero-order valence-corrected chi connectivity index (χ0v) is 14.3. The van der Waals surface area contributed by atoms with Gasteiger partial charge in [-0.05, 0) is 47.9 Å². The Bertz CT molecular complexity index is 773. The van der Waals surface area contributed by atoms with Gasteiger partial charge in [-0.15, -0.1) is 0 Å².